The van der Waals surface area contributed by atoms with E-state index in [-0.39, 0.29) is 41.0 Å². The Morgan fingerprint density at radius 1 is 1.03 bits per heavy atom. The second-order valence-electron chi connectivity index (χ2n) is 8.73. The minimum Gasteiger partial charge on any atom is -0.355 e. The number of amides is 1. The standard InChI is InChI=1S/C24H30N2O4S/c1-18(27)20-8-7-11-22(16-20)31(29,30)26-14-12-19(13-15-26)23(28)25-17-24(2,3)21-9-5-4-6-10-21/h4-11,16,19H,12-15,17H2,1-3H3,(H,25,28). The number of nitrogens with zero attached hydrogens (tertiary/aromatic N) is 1. The number of benzene rings is 2. The molecule has 6 nitrogen and oxygen atoms in total. The number of ketones is 1. The van der Waals surface area contributed by atoms with Gasteiger partial charge in [0.1, 0.15) is 0 Å². The molecule has 0 saturated carbocycles. The zero-order chi connectivity index (χ0) is 22.6. The predicted octanol–water partition coefficient (Wildman–Crippen LogP) is 3.38. The number of carbonyl (C=O) groups excluding carboxylic acids is 2. The third-order valence-electron chi connectivity index (χ3n) is 5.96. The molecule has 0 spiro atoms. The van der Waals surface area contributed by atoms with Crippen LogP contribution in [0.5, 0.6) is 0 Å². The molecule has 0 atom stereocenters. The Hall–Kier alpha value is -2.51. The van der Waals surface area contributed by atoms with Gasteiger partial charge in [0.2, 0.25) is 15.9 Å². The van der Waals surface area contributed by atoms with Crippen molar-refractivity contribution in [3.05, 3.63) is 65.7 Å². The van der Waals surface area contributed by atoms with Crippen molar-refractivity contribution in [2.75, 3.05) is 19.6 Å². The summed E-state index contributed by atoms with van der Waals surface area (Å²) in [6, 6.07) is 16.2. The molecule has 3 rings (SSSR count). The third kappa shape index (κ3) is 5.40. The first kappa shape index (κ1) is 23.2. The summed E-state index contributed by atoms with van der Waals surface area (Å²) in [6.07, 6.45) is 0.951. The van der Waals surface area contributed by atoms with Gasteiger partial charge in [-0.3, -0.25) is 9.59 Å². The highest BCUT2D eigenvalue weighted by Gasteiger charge is 2.33. The fourth-order valence-corrected chi connectivity index (χ4v) is 5.34. The number of hydrogen-bond donors (Lipinski definition) is 1. The number of rotatable bonds is 7. The number of carbonyl (C=O) groups is 2. The smallest absolute Gasteiger partial charge is 0.243 e. The van der Waals surface area contributed by atoms with E-state index in [0.717, 1.165) is 5.56 Å². The van der Waals surface area contributed by atoms with Crippen LogP contribution in [0.4, 0.5) is 0 Å². The minimum atomic E-state index is -3.69. The quantitative estimate of drug-likeness (QED) is 0.667. The van der Waals surface area contributed by atoms with Gasteiger partial charge in [-0.05, 0) is 37.5 Å². The van der Waals surface area contributed by atoms with Crippen LogP contribution in [0.1, 0.15) is 49.5 Å². The first-order valence-electron chi connectivity index (χ1n) is 10.6. The Kier molecular flexibility index (Phi) is 6.96. The van der Waals surface area contributed by atoms with Crippen LogP contribution in [-0.4, -0.2) is 44.0 Å². The highest BCUT2D eigenvalue weighted by molar-refractivity contribution is 7.89. The van der Waals surface area contributed by atoms with Gasteiger partial charge in [0.25, 0.3) is 0 Å². The second-order valence-corrected chi connectivity index (χ2v) is 10.7. The van der Waals surface area contributed by atoms with Crippen molar-refractivity contribution in [1.29, 1.82) is 0 Å². The Bertz CT molecular complexity index is 1040. The number of sulfonamides is 1. The molecule has 0 radical (unpaired) electrons. The van der Waals surface area contributed by atoms with Crippen LogP contribution >= 0.6 is 0 Å². The van der Waals surface area contributed by atoms with Crippen molar-refractivity contribution in [2.24, 2.45) is 5.92 Å². The minimum absolute atomic E-state index is 0.0281. The van der Waals surface area contributed by atoms with Gasteiger partial charge in [0.05, 0.1) is 4.90 Å². The first-order valence-corrected chi connectivity index (χ1v) is 12.0. The van der Waals surface area contributed by atoms with Gasteiger partial charge in [0.15, 0.2) is 5.78 Å². The molecule has 31 heavy (non-hydrogen) atoms. The molecule has 0 aliphatic carbocycles. The zero-order valence-electron chi connectivity index (χ0n) is 18.3. The Morgan fingerprint density at radius 3 is 2.29 bits per heavy atom. The predicted molar refractivity (Wildman–Crippen MR) is 120 cm³/mol. The van der Waals surface area contributed by atoms with Crippen molar-refractivity contribution >= 4 is 21.7 Å². The Labute approximate surface area is 184 Å². The summed E-state index contributed by atoms with van der Waals surface area (Å²) in [4.78, 5) is 24.4. The normalized spacial score (nSPS) is 16.1. The average molecular weight is 443 g/mol. The van der Waals surface area contributed by atoms with Crippen LogP contribution in [0.3, 0.4) is 0 Å². The maximum atomic E-state index is 13.0. The van der Waals surface area contributed by atoms with Gasteiger partial charge in [-0.1, -0.05) is 56.3 Å². The summed E-state index contributed by atoms with van der Waals surface area (Å²) in [6.45, 7) is 6.68. The fraction of sp³-hybridized carbons (Fsp3) is 0.417. The number of Topliss-reactive ketones (excluding diaryl/α,β-unsaturated/α-hetero) is 1. The summed E-state index contributed by atoms with van der Waals surface area (Å²) in [5.74, 6) is -0.410. The molecule has 0 aromatic heterocycles. The molecule has 0 bridgehead atoms. The summed E-state index contributed by atoms with van der Waals surface area (Å²) in [5.41, 5.74) is 1.34. The summed E-state index contributed by atoms with van der Waals surface area (Å²) >= 11 is 0. The van der Waals surface area contributed by atoms with Crippen LogP contribution in [-0.2, 0) is 20.2 Å². The van der Waals surface area contributed by atoms with Gasteiger partial charge in [-0.2, -0.15) is 4.31 Å². The highest BCUT2D eigenvalue weighted by Crippen LogP contribution is 2.26. The van der Waals surface area contributed by atoms with E-state index in [4.69, 9.17) is 0 Å². The fourth-order valence-electron chi connectivity index (χ4n) is 3.83. The average Bonchev–Trinajstić information content (AvgIpc) is 2.78. The van der Waals surface area contributed by atoms with Crippen molar-refractivity contribution in [1.82, 2.24) is 9.62 Å². The summed E-state index contributed by atoms with van der Waals surface area (Å²) in [5, 5.41) is 3.05. The molecule has 0 unspecified atom stereocenters. The van der Waals surface area contributed by atoms with E-state index in [1.54, 1.807) is 12.1 Å². The summed E-state index contributed by atoms with van der Waals surface area (Å²) in [7, 11) is -3.69. The van der Waals surface area contributed by atoms with Gasteiger partial charge in [-0.25, -0.2) is 8.42 Å². The lowest BCUT2D eigenvalue weighted by molar-refractivity contribution is -0.126. The van der Waals surface area contributed by atoms with E-state index >= 15 is 0 Å². The molecule has 1 aliphatic rings. The zero-order valence-corrected chi connectivity index (χ0v) is 19.1. The number of nitrogens with one attached hydrogen (secondary N) is 1. The Morgan fingerprint density at radius 2 is 1.68 bits per heavy atom. The number of piperidine rings is 1. The molecule has 1 aliphatic heterocycles. The van der Waals surface area contributed by atoms with E-state index in [9.17, 15) is 18.0 Å². The van der Waals surface area contributed by atoms with Crippen molar-refractivity contribution < 1.29 is 18.0 Å². The van der Waals surface area contributed by atoms with E-state index in [2.05, 4.69) is 31.3 Å². The van der Waals surface area contributed by atoms with Crippen molar-refractivity contribution in [3.63, 3.8) is 0 Å². The molecule has 7 heteroatoms. The van der Waals surface area contributed by atoms with Gasteiger partial charge < -0.3 is 5.32 Å². The molecule has 1 amide bonds. The molecule has 1 N–H and O–H groups in total. The van der Waals surface area contributed by atoms with E-state index in [1.165, 1.54) is 23.4 Å². The molecule has 166 valence electrons. The lowest BCUT2D eigenvalue weighted by atomic mass is 9.84. The lowest BCUT2D eigenvalue weighted by Gasteiger charge is -2.32. The largest absolute Gasteiger partial charge is 0.355 e. The van der Waals surface area contributed by atoms with Crippen LogP contribution in [0.25, 0.3) is 0 Å². The highest BCUT2D eigenvalue weighted by atomic mass is 32.2. The lowest BCUT2D eigenvalue weighted by Crippen LogP contribution is -2.45. The maximum absolute atomic E-state index is 13.0. The number of hydrogen-bond acceptors (Lipinski definition) is 4. The molecule has 1 saturated heterocycles. The van der Waals surface area contributed by atoms with Crippen LogP contribution in [0, 0.1) is 5.92 Å². The molecular weight excluding hydrogens is 412 g/mol. The monoisotopic (exact) mass is 442 g/mol. The Balaban J connectivity index is 1.58. The third-order valence-corrected chi connectivity index (χ3v) is 7.86. The van der Waals surface area contributed by atoms with E-state index < -0.39 is 10.0 Å². The molecule has 1 heterocycles. The van der Waals surface area contributed by atoms with Gasteiger partial charge >= 0.3 is 0 Å². The summed E-state index contributed by atoms with van der Waals surface area (Å²) < 4.78 is 27.3. The van der Waals surface area contributed by atoms with Crippen molar-refractivity contribution in [2.45, 2.75) is 43.9 Å². The molecule has 2 aromatic rings. The maximum Gasteiger partial charge on any atom is 0.243 e. The topological polar surface area (TPSA) is 83.6 Å². The first-order chi connectivity index (χ1) is 14.6. The van der Waals surface area contributed by atoms with Gasteiger partial charge in [0, 0.05) is 36.5 Å². The van der Waals surface area contributed by atoms with E-state index in [1.807, 2.05) is 18.2 Å². The van der Waals surface area contributed by atoms with Crippen molar-refractivity contribution in [3.8, 4) is 0 Å². The molecular formula is C24H30N2O4S. The van der Waals surface area contributed by atoms with Gasteiger partial charge in [-0.15, -0.1) is 0 Å². The molecule has 1 fully saturated rings. The van der Waals surface area contributed by atoms with Crippen LogP contribution < -0.4 is 5.32 Å². The molecule has 2 aromatic carbocycles. The SMILES string of the molecule is CC(=O)c1cccc(S(=O)(=O)N2CCC(C(=O)NCC(C)(C)c3ccccc3)CC2)c1. The van der Waals surface area contributed by atoms with Crippen LogP contribution in [0.15, 0.2) is 59.5 Å². The van der Waals surface area contributed by atoms with Crippen LogP contribution in [0.2, 0.25) is 0 Å². The van der Waals surface area contributed by atoms with E-state index in [0.29, 0.717) is 24.9 Å². The second kappa shape index (κ2) is 9.32.